The van der Waals surface area contributed by atoms with Crippen LogP contribution in [0.25, 0.3) is 0 Å². The van der Waals surface area contributed by atoms with Crippen LogP contribution in [0.3, 0.4) is 0 Å². The first kappa shape index (κ1) is 19.0. The minimum absolute atomic E-state index is 0.0272. The molecule has 0 amide bonds. The highest BCUT2D eigenvalue weighted by atomic mass is 16.3. The second kappa shape index (κ2) is 7.01. The molecule has 1 aromatic rings. The third kappa shape index (κ3) is 4.72. The zero-order valence-electron chi connectivity index (χ0n) is 15.2. The molecule has 1 atom stereocenters. The summed E-state index contributed by atoms with van der Waals surface area (Å²) in [7, 11) is 0. The number of rotatable bonds is 5. The van der Waals surface area contributed by atoms with Gasteiger partial charge in [-0.05, 0) is 47.4 Å². The van der Waals surface area contributed by atoms with Crippen LogP contribution in [0, 0.1) is 0 Å². The molecule has 0 aliphatic rings. The van der Waals surface area contributed by atoms with E-state index in [0.717, 1.165) is 30.4 Å². The standard InChI is InChI=1S/C19H34N2O/c1-18(2,3)13-11-14(16(21)9-7-8-10-20)17(22)15(12-13)19(4,5)6/h11-12,16,22H,7-10,20-21H2,1-6H3/t16-/m1/s1. The van der Waals surface area contributed by atoms with Crippen LogP contribution in [0.2, 0.25) is 0 Å². The lowest BCUT2D eigenvalue weighted by Crippen LogP contribution is -2.20. The maximum atomic E-state index is 10.7. The normalized spacial score (nSPS) is 14.2. The molecule has 3 nitrogen and oxygen atoms in total. The molecule has 0 aromatic heterocycles. The molecule has 0 aliphatic carbocycles. The van der Waals surface area contributed by atoms with Crippen molar-refractivity contribution in [2.24, 2.45) is 11.5 Å². The number of hydrogen-bond donors (Lipinski definition) is 3. The van der Waals surface area contributed by atoms with E-state index in [9.17, 15) is 5.11 Å². The fraction of sp³-hybridized carbons (Fsp3) is 0.684. The summed E-state index contributed by atoms with van der Waals surface area (Å²) in [5, 5.41) is 10.7. The summed E-state index contributed by atoms with van der Waals surface area (Å²) in [6.07, 6.45) is 2.81. The van der Waals surface area contributed by atoms with E-state index in [-0.39, 0.29) is 16.9 Å². The molecule has 126 valence electrons. The Hall–Kier alpha value is -1.06. The molecule has 0 spiro atoms. The summed E-state index contributed by atoms with van der Waals surface area (Å²) in [4.78, 5) is 0. The van der Waals surface area contributed by atoms with Crippen LogP contribution in [0.15, 0.2) is 12.1 Å². The molecule has 1 aromatic carbocycles. The van der Waals surface area contributed by atoms with Crippen molar-refractivity contribution in [2.45, 2.75) is 77.7 Å². The molecule has 0 bridgehead atoms. The first-order chi connectivity index (χ1) is 9.98. The molecule has 0 saturated heterocycles. The molecule has 0 saturated carbocycles. The van der Waals surface area contributed by atoms with Crippen molar-refractivity contribution in [3.05, 3.63) is 28.8 Å². The van der Waals surface area contributed by atoms with E-state index in [1.807, 2.05) is 0 Å². The van der Waals surface area contributed by atoms with E-state index < -0.39 is 0 Å². The van der Waals surface area contributed by atoms with Crippen molar-refractivity contribution in [1.82, 2.24) is 0 Å². The Kier molecular flexibility index (Phi) is 6.05. The first-order valence-corrected chi connectivity index (χ1v) is 8.32. The zero-order valence-corrected chi connectivity index (χ0v) is 15.2. The fourth-order valence-electron chi connectivity index (χ4n) is 2.61. The van der Waals surface area contributed by atoms with Crippen molar-refractivity contribution in [3.63, 3.8) is 0 Å². The summed E-state index contributed by atoms with van der Waals surface area (Å²) in [6, 6.07) is 4.07. The van der Waals surface area contributed by atoms with E-state index in [2.05, 4.69) is 53.7 Å². The van der Waals surface area contributed by atoms with Crippen LogP contribution in [-0.4, -0.2) is 11.7 Å². The number of nitrogens with two attached hydrogens (primary N) is 2. The molecule has 1 rings (SSSR count). The van der Waals surface area contributed by atoms with Gasteiger partial charge in [0.2, 0.25) is 0 Å². The minimum atomic E-state index is -0.144. The smallest absolute Gasteiger partial charge is 0.124 e. The quantitative estimate of drug-likeness (QED) is 0.717. The predicted molar refractivity (Wildman–Crippen MR) is 95.3 cm³/mol. The van der Waals surface area contributed by atoms with E-state index in [4.69, 9.17) is 11.5 Å². The zero-order chi connectivity index (χ0) is 17.1. The monoisotopic (exact) mass is 306 g/mol. The second-order valence-corrected chi connectivity index (χ2v) is 8.35. The molecule has 0 radical (unpaired) electrons. The number of phenols is 1. The van der Waals surface area contributed by atoms with Gasteiger partial charge in [0.05, 0.1) is 0 Å². The molecular formula is C19H34N2O. The van der Waals surface area contributed by atoms with E-state index in [0.29, 0.717) is 12.3 Å². The van der Waals surface area contributed by atoms with Crippen LogP contribution in [-0.2, 0) is 10.8 Å². The molecule has 5 N–H and O–H groups in total. The van der Waals surface area contributed by atoms with Crippen molar-refractivity contribution in [2.75, 3.05) is 6.54 Å². The van der Waals surface area contributed by atoms with Crippen LogP contribution in [0.1, 0.15) is 83.5 Å². The number of unbranched alkanes of at least 4 members (excludes halogenated alkanes) is 1. The highest BCUT2D eigenvalue weighted by molar-refractivity contribution is 5.49. The molecule has 0 unspecified atom stereocenters. The van der Waals surface area contributed by atoms with E-state index in [1.54, 1.807) is 0 Å². The number of phenolic OH excluding ortho intramolecular Hbond substituents is 1. The van der Waals surface area contributed by atoms with Crippen molar-refractivity contribution < 1.29 is 5.11 Å². The molecular weight excluding hydrogens is 272 g/mol. The van der Waals surface area contributed by atoms with Gasteiger partial charge in [0.1, 0.15) is 5.75 Å². The SMILES string of the molecule is CC(C)(C)c1cc([C@H](N)CCCCN)c(O)c(C(C)(C)C)c1. The first-order valence-electron chi connectivity index (χ1n) is 8.32. The highest BCUT2D eigenvalue weighted by Crippen LogP contribution is 2.40. The number of aromatic hydroxyl groups is 1. The average Bonchev–Trinajstić information content (AvgIpc) is 2.36. The van der Waals surface area contributed by atoms with Crippen LogP contribution in [0.5, 0.6) is 5.75 Å². The second-order valence-electron chi connectivity index (χ2n) is 8.35. The fourth-order valence-corrected chi connectivity index (χ4v) is 2.61. The molecule has 0 fully saturated rings. The van der Waals surface area contributed by atoms with Gasteiger partial charge in [-0.3, -0.25) is 0 Å². The van der Waals surface area contributed by atoms with Crippen LogP contribution >= 0.6 is 0 Å². The van der Waals surface area contributed by atoms with Gasteiger partial charge in [-0.25, -0.2) is 0 Å². The third-order valence-electron chi connectivity index (χ3n) is 4.18. The summed E-state index contributed by atoms with van der Waals surface area (Å²) < 4.78 is 0. The van der Waals surface area contributed by atoms with Gasteiger partial charge in [0.25, 0.3) is 0 Å². The Balaban J connectivity index is 3.31. The van der Waals surface area contributed by atoms with E-state index >= 15 is 0 Å². The summed E-state index contributed by atoms with van der Waals surface area (Å²) in [6.45, 7) is 13.6. The summed E-state index contributed by atoms with van der Waals surface area (Å²) in [5.41, 5.74) is 14.9. The lowest BCUT2D eigenvalue weighted by Gasteiger charge is -2.29. The summed E-state index contributed by atoms with van der Waals surface area (Å²) in [5.74, 6) is 0.362. The van der Waals surface area contributed by atoms with Gasteiger partial charge in [0.15, 0.2) is 0 Å². The van der Waals surface area contributed by atoms with Gasteiger partial charge < -0.3 is 16.6 Å². The Morgan fingerprint density at radius 3 is 2.05 bits per heavy atom. The summed E-state index contributed by atoms with van der Waals surface area (Å²) >= 11 is 0. The highest BCUT2D eigenvalue weighted by Gasteiger charge is 2.26. The van der Waals surface area contributed by atoms with Crippen molar-refractivity contribution in [1.29, 1.82) is 0 Å². The van der Waals surface area contributed by atoms with Gasteiger partial charge in [-0.15, -0.1) is 0 Å². The van der Waals surface area contributed by atoms with Crippen LogP contribution in [0.4, 0.5) is 0 Å². The van der Waals surface area contributed by atoms with Gasteiger partial charge in [-0.1, -0.05) is 54.0 Å². The predicted octanol–water partition coefficient (Wildman–Crippen LogP) is 4.12. The lowest BCUT2D eigenvalue weighted by molar-refractivity contribution is 0.428. The Morgan fingerprint density at radius 1 is 1.00 bits per heavy atom. The Morgan fingerprint density at radius 2 is 1.59 bits per heavy atom. The average molecular weight is 306 g/mol. The van der Waals surface area contributed by atoms with Crippen molar-refractivity contribution >= 4 is 0 Å². The third-order valence-corrected chi connectivity index (χ3v) is 4.18. The van der Waals surface area contributed by atoms with Gasteiger partial charge >= 0.3 is 0 Å². The number of hydrogen-bond acceptors (Lipinski definition) is 3. The maximum Gasteiger partial charge on any atom is 0.124 e. The lowest BCUT2D eigenvalue weighted by atomic mass is 9.78. The number of benzene rings is 1. The minimum Gasteiger partial charge on any atom is -0.507 e. The van der Waals surface area contributed by atoms with Crippen LogP contribution < -0.4 is 11.5 Å². The van der Waals surface area contributed by atoms with Gasteiger partial charge in [-0.2, -0.15) is 0 Å². The van der Waals surface area contributed by atoms with E-state index in [1.165, 1.54) is 5.56 Å². The maximum absolute atomic E-state index is 10.7. The van der Waals surface area contributed by atoms with Crippen molar-refractivity contribution in [3.8, 4) is 5.75 Å². The Bertz CT molecular complexity index is 495. The largest absolute Gasteiger partial charge is 0.507 e. The topological polar surface area (TPSA) is 72.3 Å². The van der Waals surface area contributed by atoms with Gasteiger partial charge in [0, 0.05) is 11.6 Å². The molecule has 3 heteroatoms. The molecule has 0 aliphatic heterocycles. The molecule has 22 heavy (non-hydrogen) atoms. The Labute approximate surface area is 136 Å². The molecule has 0 heterocycles.